The quantitative estimate of drug-likeness (QED) is 0.541. The molecule has 0 unspecified atom stereocenters. The number of ether oxygens (including phenoxy) is 1. The standard InChI is InChI=1S/C15H24N6O4/c1-15(2,3)20-14-17-8-11(21(23)24)12(19-14)18-9-4-6-10(7-5-9)25-13(16)22/h8-10H,4-7H2,1-3H3,(H2,16,22)(H2,17,18,19,20)/t9-,10-. The maximum atomic E-state index is 11.2. The molecule has 1 saturated carbocycles. The van der Waals surface area contributed by atoms with Crippen LogP contribution >= 0.6 is 0 Å². The van der Waals surface area contributed by atoms with Gasteiger partial charge in [0.1, 0.15) is 12.3 Å². The second-order valence-corrected chi connectivity index (χ2v) is 7.11. The number of hydrogen-bond acceptors (Lipinski definition) is 8. The van der Waals surface area contributed by atoms with Crippen molar-refractivity contribution in [2.45, 2.75) is 64.1 Å². The third kappa shape index (κ3) is 5.73. The highest BCUT2D eigenvalue weighted by molar-refractivity contribution is 5.64. The Morgan fingerprint density at radius 1 is 1.36 bits per heavy atom. The summed E-state index contributed by atoms with van der Waals surface area (Å²) in [5, 5.41) is 17.5. The summed E-state index contributed by atoms with van der Waals surface area (Å²) in [6, 6.07) is 0.00353. The Balaban J connectivity index is 2.08. The van der Waals surface area contributed by atoms with E-state index >= 15 is 0 Å². The SMILES string of the molecule is CC(C)(C)Nc1ncc([N+](=O)[O-])c(N[C@H]2CC[C@H](OC(N)=O)CC2)n1. The van der Waals surface area contributed by atoms with Crippen LogP contribution in [0.15, 0.2) is 6.20 Å². The summed E-state index contributed by atoms with van der Waals surface area (Å²) in [5.41, 5.74) is 4.59. The molecule has 1 aromatic rings. The largest absolute Gasteiger partial charge is 0.446 e. The predicted molar refractivity (Wildman–Crippen MR) is 92.4 cm³/mol. The topological polar surface area (TPSA) is 145 Å². The molecule has 0 saturated heterocycles. The third-order valence-electron chi connectivity index (χ3n) is 3.75. The number of hydrogen-bond donors (Lipinski definition) is 3. The van der Waals surface area contributed by atoms with Crippen LogP contribution in [0.2, 0.25) is 0 Å². The second-order valence-electron chi connectivity index (χ2n) is 7.11. The second kappa shape index (κ2) is 7.49. The molecule has 1 fully saturated rings. The van der Waals surface area contributed by atoms with E-state index in [1.165, 1.54) is 6.20 Å². The number of nitrogens with one attached hydrogen (secondary N) is 2. The molecule has 4 N–H and O–H groups in total. The minimum Gasteiger partial charge on any atom is -0.446 e. The van der Waals surface area contributed by atoms with Gasteiger partial charge in [0.25, 0.3) is 0 Å². The van der Waals surface area contributed by atoms with Crippen molar-refractivity contribution in [2.75, 3.05) is 10.6 Å². The fourth-order valence-corrected chi connectivity index (χ4v) is 2.69. The molecule has 2 rings (SSSR count). The molecule has 0 aromatic carbocycles. The number of nitrogens with zero attached hydrogens (tertiary/aromatic N) is 3. The van der Waals surface area contributed by atoms with Crippen LogP contribution < -0.4 is 16.4 Å². The summed E-state index contributed by atoms with van der Waals surface area (Å²) >= 11 is 0. The number of anilines is 2. The molecule has 1 aliphatic rings. The van der Waals surface area contributed by atoms with Crippen molar-refractivity contribution < 1.29 is 14.5 Å². The van der Waals surface area contributed by atoms with E-state index in [0.29, 0.717) is 31.6 Å². The van der Waals surface area contributed by atoms with Crippen molar-refractivity contribution >= 4 is 23.5 Å². The Labute approximate surface area is 145 Å². The van der Waals surface area contributed by atoms with Crippen molar-refractivity contribution in [3.63, 3.8) is 0 Å². The molecule has 138 valence electrons. The molecule has 1 aromatic heterocycles. The minimum atomic E-state index is -0.777. The van der Waals surface area contributed by atoms with Crippen molar-refractivity contribution in [3.8, 4) is 0 Å². The molecule has 25 heavy (non-hydrogen) atoms. The molecular weight excluding hydrogens is 328 g/mol. The van der Waals surface area contributed by atoms with E-state index in [1.54, 1.807) is 0 Å². The Hall–Kier alpha value is -2.65. The van der Waals surface area contributed by atoms with E-state index in [9.17, 15) is 14.9 Å². The highest BCUT2D eigenvalue weighted by atomic mass is 16.6. The van der Waals surface area contributed by atoms with E-state index in [4.69, 9.17) is 10.5 Å². The molecule has 0 spiro atoms. The number of carbonyl (C=O) groups is 1. The molecule has 1 aliphatic carbocycles. The number of nitrogens with two attached hydrogens (primary N) is 1. The maximum absolute atomic E-state index is 11.2. The third-order valence-corrected chi connectivity index (χ3v) is 3.75. The molecule has 10 heteroatoms. The summed E-state index contributed by atoms with van der Waals surface area (Å²) in [6.07, 6.45) is 2.90. The van der Waals surface area contributed by atoms with Crippen LogP contribution in [0.3, 0.4) is 0 Å². The van der Waals surface area contributed by atoms with Crippen LogP contribution in [0, 0.1) is 10.1 Å². The fourth-order valence-electron chi connectivity index (χ4n) is 2.69. The smallest absolute Gasteiger partial charge is 0.404 e. The van der Waals surface area contributed by atoms with Gasteiger partial charge in [0.2, 0.25) is 11.8 Å². The van der Waals surface area contributed by atoms with Crippen LogP contribution in [0.4, 0.5) is 22.2 Å². The summed E-state index contributed by atoms with van der Waals surface area (Å²) < 4.78 is 4.99. The van der Waals surface area contributed by atoms with Crippen LogP contribution in [0.25, 0.3) is 0 Å². The number of carbonyl (C=O) groups excluding carboxylic acids is 1. The average Bonchev–Trinajstić information content (AvgIpc) is 2.47. The average molecular weight is 352 g/mol. The summed E-state index contributed by atoms with van der Waals surface area (Å²) in [4.78, 5) is 29.8. The van der Waals surface area contributed by atoms with Gasteiger partial charge in [-0.05, 0) is 46.5 Å². The molecule has 0 bridgehead atoms. The molecule has 0 atom stereocenters. The maximum Gasteiger partial charge on any atom is 0.404 e. The summed E-state index contributed by atoms with van der Waals surface area (Å²) in [7, 11) is 0. The van der Waals surface area contributed by atoms with Crippen LogP contribution in [0.1, 0.15) is 46.5 Å². The Bertz CT molecular complexity index is 637. The van der Waals surface area contributed by atoms with Gasteiger partial charge in [-0.15, -0.1) is 0 Å². The van der Waals surface area contributed by atoms with E-state index in [2.05, 4.69) is 20.6 Å². The lowest BCUT2D eigenvalue weighted by atomic mass is 9.93. The van der Waals surface area contributed by atoms with Gasteiger partial charge in [-0.2, -0.15) is 4.98 Å². The number of nitro groups is 1. The lowest BCUT2D eigenvalue weighted by Gasteiger charge is -2.28. The van der Waals surface area contributed by atoms with Gasteiger partial charge in [0.15, 0.2) is 0 Å². The first-order valence-corrected chi connectivity index (χ1v) is 8.16. The molecule has 1 amide bonds. The van der Waals surface area contributed by atoms with Crippen LogP contribution in [-0.4, -0.2) is 38.7 Å². The van der Waals surface area contributed by atoms with Crippen molar-refractivity contribution in [1.29, 1.82) is 0 Å². The number of primary amides is 1. The van der Waals surface area contributed by atoms with Gasteiger partial charge in [0.05, 0.1) is 4.92 Å². The van der Waals surface area contributed by atoms with Crippen molar-refractivity contribution in [1.82, 2.24) is 9.97 Å². The molecular formula is C15H24N6O4. The Kier molecular flexibility index (Phi) is 5.60. The predicted octanol–water partition coefficient (Wildman–Crippen LogP) is 2.41. The molecule has 0 aliphatic heterocycles. The Morgan fingerprint density at radius 2 is 2.00 bits per heavy atom. The van der Waals surface area contributed by atoms with Crippen molar-refractivity contribution in [2.24, 2.45) is 5.73 Å². The first kappa shape index (κ1) is 18.7. The number of aromatic nitrogens is 2. The van der Waals surface area contributed by atoms with Crippen LogP contribution in [0.5, 0.6) is 0 Å². The zero-order valence-corrected chi connectivity index (χ0v) is 14.6. The first-order chi connectivity index (χ1) is 11.6. The van der Waals surface area contributed by atoms with E-state index in [-0.39, 0.29) is 29.2 Å². The van der Waals surface area contributed by atoms with Gasteiger partial charge in [0, 0.05) is 11.6 Å². The van der Waals surface area contributed by atoms with Gasteiger partial charge in [-0.1, -0.05) is 0 Å². The molecule has 1 heterocycles. The lowest BCUT2D eigenvalue weighted by Crippen LogP contribution is -2.33. The normalized spacial score (nSPS) is 20.6. The highest BCUT2D eigenvalue weighted by Gasteiger charge is 2.26. The number of rotatable bonds is 5. The van der Waals surface area contributed by atoms with Crippen LogP contribution in [-0.2, 0) is 4.74 Å². The van der Waals surface area contributed by atoms with Crippen molar-refractivity contribution in [3.05, 3.63) is 16.3 Å². The Morgan fingerprint density at radius 3 is 2.52 bits per heavy atom. The minimum absolute atomic E-state index is 0.00353. The van der Waals surface area contributed by atoms with E-state index in [1.807, 2.05) is 20.8 Å². The number of amides is 1. The van der Waals surface area contributed by atoms with E-state index in [0.717, 1.165) is 0 Å². The molecule has 0 radical (unpaired) electrons. The lowest BCUT2D eigenvalue weighted by molar-refractivity contribution is -0.384. The monoisotopic (exact) mass is 352 g/mol. The van der Waals surface area contributed by atoms with Gasteiger partial charge in [-0.3, -0.25) is 10.1 Å². The fraction of sp³-hybridized carbons (Fsp3) is 0.667. The first-order valence-electron chi connectivity index (χ1n) is 8.16. The summed E-state index contributed by atoms with van der Waals surface area (Å²) in [5.74, 6) is 0.511. The van der Waals surface area contributed by atoms with Gasteiger partial charge < -0.3 is 21.1 Å². The zero-order chi connectivity index (χ0) is 18.6. The zero-order valence-electron chi connectivity index (χ0n) is 14.6. The van der Waals surface area contributed by atoms with E-state index < -0.39 is 11.0 Å². The van der Waals surface area contributed by atoms with Gasteiger partial charge in [-0.25, -0.2) is 9.78 Å². The summed E-state index contributed by atoms with van der Waals surface area (Å²) in [6.45, 7) is 5.85. The highest BCUT2D eigenvalue weighted by Crippen LogP contribution is 2.28. The van der Waals surface area contributed by atoms with Gasteiger partial charge >= 0.3 is 11.8 Å². The molecule has 10 nitrogen and oxygen atoms in total.